The smallest absolute Gasteiger partial charge is 0.319 e. The Morgan fingerprint density at radius 1 is 1.05 bits per heavy atom. The number of aliphatic hydroxyl groups is 1. The van der Waals surface area contributed by atoms with E-state index >= 15 is 8.78 Å². The maximum Gasteiger partial charge on any atom is 0.319 e. The molecule has 0 unspecified atom stereocenters. The molecule has 4 aliphatic heterocycles. The Balaban J connectivity index is 1.10. The predicted molar refractivity (Wildman–Crippen MR) is 204 cm³/mol. The summed E-state index contributed by atoms with van der Waals surface area (Å²) in [6, 6.07) is 7.14. The lowest BCUT2D eigenvalue weighted by Gasteiger charge is -2.51. The average Bonchev–Trinajstić information content (AvgIpc) is 3.82. The van der Waals surface area contributed by atoms with E-state index in [0.29, 0.717) is 31.3 Å². The van der Waals surface area contributed by atoms with E-state index < -0.39 is 37.4 Å². The van der Waals surface area contributed by atoms with E-state index in [9.17, 15) is 18.6 Å². The van der Waals surface area contributed by atoms with Gasteiger partial charge in [0.05, 0.1) is 45.7 Å². The van der Waals surface area contributed by atoms with Gasteiger partial charge in [-0.2, -0.15) is 9.97 Å². The highest BCUT2D eigenvalue weighted by molar-refractivity contribution is 7.92. The first-order valence-corrected chi connectivity index (χ1v) is 21.2. The number of piperidine rings is 1. The van der Waals surface area contributed by atoms with Gasteiger partial charge in [-0.05, 0) is 75.6 Å². The van der Waals surface area contributed by atoms with Gasteiger partial charge in [-0.3, -0.25) is 4.90 Å². The van der Waals surface area contributed by atoms with Crippen molar-refractivity contribution in [2.24, 2.45) is 5.41 Å². The molecule has 2 N–H and O–H groups in total. The van der Waals surface area contributed by atoms with E-state index in [1.807, 2.05) is 0 Å². The SMILES string of the molecule is COc1nc(-c2cc(O)cc3cccc(F)c23)c(F)c2nc(OC[C@]34CCC[C@H]3N(CC35CC(S(C)(=O)=O)(CO3)C5)CCC4)nc(N3CCOC[C@@](C)(O)C3)c12. The van der Waals surface area contributed by atoms with Crippen molar-refractivity contribution in [2.75, 3.05) is 70.9 Å². The van der Waals surface area contributed by atoms with E-state index in [2.05, 4.69) is 14.9 Å². The van der Waals surface area contributed by atoms with Gasteiger partial charge in [0, 0.05) is 41.8 Å². The fourth-order valence-electron chi connectivity index (χ4n) is 10.4. The molecule has 4 aromatic rings. The van der Waals surface area contributed by atoms with Crippen LogP contribution in [0.2, 0.25) is 0 Å². The zero-order valence-corrected chi connectivity index (χ0v) is 32.6. The molecular formula is C40H47F2N5O8S. The second-order valence-electron chi connectivity index (χ2n) is 17.1. The van der Waals surface area contributed by atoms with Gasteiger partial charge in [-0.1, -0.05) is 18.6 Å². The molecule has 13 nitrogen and oxygen atoms in total. The summed E-state index contributed by atoms with van der Waals surface area (Å²) in [7, 11) is -1.84. The molecule has 0 amide bonds. The molecule has 56 heavy (non-hydrogen) atoms. The van der Waals surface area contributed by atoms with Crippen LogP contribution in [0.5, 0.6) is 17.6 Å². The van der Waals surface area contributed by atoms with Crippen molar-refractivity contribution in [3.63, 3.8) is 0 Å². The Kier molecular flexibility index (Phi) is 8.93. The zero-order valence-electron chi connectivity index (χ0n) is 31.8. The lowest BCUT2D eigenvalue weighted by atomic mass is 9.71. The van der Waals surface area contributed by atoms with E-state index in [4.69, 9.17) is 23.9 Å². The molecule has 16 heteroatoms. The van der Waals surface area contributed by atoms with Gasteiger partial charge in [0.2, 0.25) is 5.88 Å². The third kappa shape index (κ3) is 6.14. The highest BCUT2D eigenvalue weighted by Gasteiger charge is 2.68. The van der Waals surface area contributed by atoms with Crippen LogP contribution in [0.25, 0.3) is 32.9 Å². The summed E-state index contributed by atoms with van der Waals surface area (Å²) in [6.07, 6.45) is 7.04. The van der Waals surface area contributed by atoms with Crippen LogP contribution in [-0.2, 0) is 19.3 Å². The molecule has 6 aliphatic rings. The number of benzene rings is 2. The van der Waals surface area contributed by atoms with Gasteiger partial charge in [0.25, 0.3) is 0 Å². The Hall–Kier alpha value is -3.96. The first-order valence-electron chi connectivity index (χ1n) is 19.3. The number of likely N-dealkylation sites (tertiary alicyclic amines) is 1. The molecule has 2 aromatic heterocycles. The number of ether oxygens (including phenoxy) is 4. The molecule has 0 radical (unpaired) electrons. The lowest BCUT2D eigenvalue weighted by Crippen LogP contribution is -2.61. The monoisotopic (exact) mass is 795 g/mol. The fraction of sp³-hybridized carbons (Fsp3) is 0.575. The third-order valence-corrected chi connectivity index (χ3v) is 14.9. The van der Waals surface area contributed by atoms with Gasteiger partial charge in [-0.15, -0.1) is 0 Å². The Bertz CT molecular complexity index is 2340. The number of fused-ring (bicyclic) bond motifs is 4. The summed E-state index contributed by atoms with van der Waals surface area (Å²) in [5.74, 6) is -1.49. The number of aromatic hydroxyl groups is 1. The van der Waals surface area contributed by atoms with E-state index in [0.717, 1.165) is 38.6 Å². The van der Waals surface area contributed by atoms with Crippen molar-refractivity contribution in [3.05, 3.63) is 42.0 Å². The number of β-amino-alcohol motifs (C(OH)–C–C–N with tert-alkyl or cyclic N) is 1. The molecule has 2 aliphatic carbocycles. The van der Waals surface area contributed by atoms with Crippen LogP contribution in [0.4, 0.5) is 14.6 Å². The number of pyridine rings is 1. The van der Waals surface area contributed by atoms with Gasteiger partial charge < -0.3 is 34.1 Å². The summed E-state index contributed by atoms with van der Waals surface area (Å²) in [6.45, 7) is 4.45. The minimum Gasteiger partial charge on any atom is -0.508 e. The predicted octanol–water partition coefficient (Wildman–Crippen LogP) is 4.78. The van der Waals surface area contributed by atoms with E-state index in [1.54, 1.807) is 17.9 Å². The second-order valence-corrected chi connectivity index (χ2v) is 19.5. The first kappa shape index (κ1) is 37.6. The standard InChI is InChI=1S/C40H47F2N5O8S/c1-37(49)19-47(13-14-53-21-37)34-30-33(31(42)32(43-35(30)52-2)26-16-25(48)15-24-7-4-8-27(41)29(24)26)44-36(45-34)54-22-38-10-5-9-28(38)46(12-6-11-38)20-39-17-40(18-39,23-55-39)56(3,50)51/h4,7-8,15-16,28,48-49H,5-6,9-14,17-23H2,1-3H3/t28-,37+,38-,39?,40?/m1/s1. The topological polar surface area (TPSA) is 157 Å². The molecule has 6 heterocycles. The highest BCUT2D eigenvalue weighted by Crippen LogP contribution is 2.57. The molecule has 3 atom stereocenters. The maximum atomic E-state index is 17.2. The third-order valence-electron chi connectivity index (χ3n) is 12.9. The molecule has 300 valence electrons. The summed E-state index contributed by atoms with van der Waals surface area (Å²) < 4.78 is 81.2. The molecule has 6 fully saturated rings. The number of methoxy groups -OCH3 is 1. The van der Waals surface area contributed by atoms with Crippen molar-refractivity contribution < 1.29 is 46.4 Å². The Labute approximate surface area is 323 Å². The van der Waals surface area contributed by atoms with Crippen molar-refractivity contribution in [3.8, 4) is 28.9 Å². The van der Waals surface area contributed by atoms with Gasteiger partial charge in [-0.25, -0.2) is 22.2 Å². The molecular weight excluding hydrogens is 749 g/mol. The maximum absolute atomic E-state index is 17.2. The largest absolute Gasteiger partial charge is 0.508 e. The van der Waals surface area contributed by atoms with Crippen LogP contribution in [0.3, 0.4) is 0 Å². The Morgan fingerprint density at radius 3 is 2.62 bits per heavy atom. The molecule has 0 spiro atoms. The summed E-state index contributed by atoms with van der Waals surface area (Å²) in [5, 5.41) is 22.4. The summed E-state index contributed by atoms with van der Waals surface area (Å²) in [4.78, 5) is 18.3. The van der Waals surface area contributed by atoms with E-state index in [1.165, 1.54) is 37.6 Å². The van der Waals surface area contributed by atoms with Crippen molar-refractivity contribution >= 4 is 37.3 Å². The Morgan fingerprint density at radius 2 is 1.86 bits per heavy atom. The van der Waals surface area contributed by atoms with E-state index in [-0.39, 0.29) is 95.4 Å². The number of phenolic OH excluding ortho intramolecular Hbond substituents is 1. The number of hydrogen-bond acceptors (Lipinski definition) is 13. The van der Waals surface area contributed by atoms with Gasteiger partial charge in [0.1, 0.15) is 44.3 Å². The van der Waals surface area contributed by atoms with Crippen molar-refractivity contribution in [1.29, 1.82) is 0 Å². The number of hydrogen-bond donors (Lipinski definition) is 2. The number of nitrogens with zero attached hydrogens (tertiary/aromatic N) is 5. The van der Waals surface area contributed by atoms with Gasteiger partial charge >= 0.3 is 6.01 Å². The van der Waals surface area contributed by atoms with Crippen LogP contribution in [0.15, 0.2) is 30.3 Å². The molecule has 10 rings (SSSR count). The summed E-state index contributed by atoms with van der Waals surface area (Å²) in [5.41, 5.74) is -2.41. The average molecular weight is 796 g/mol. The number of phenols is 1. The highest BCUT2D eigenvalue weighted by atomic mass is 32.2. The molecule has 2 bridgehead atoms. The number of anilines is 1. The number of sulfone groups is 1. The van der Waals surface area contributed by atoms with Crippen LogP contribution < -0.4 is 14.4 Å². The lowest BCUT2D eigenvalue weighted by molar-refractivity contribution is -0.0711. The number of aromatic nitrogens is 3. The normalized spacial score (nSPS) is 30.7. The fourth-order valence-corrected chi connectivity index (χ4v) is 11.7. The van der Waals surface area contributed by atoms with Crippen molar-refractivity contribution in [1.82, 2.24) is 19.9 Å². The summed E-state index contributed by atoms with van der Waals surface area (Å²) >= 11 is 0. The van der Waals surface area contributed by atoms with Crippen LogP contribution >= 0.6 is 0 Å². The van der Waals surface area contributed by atoms with Crippen LogP contribution in [0, 0.1) is 17.0 Å². The minimum absolute atomic E-state index is 0.0190. The number of halogens is 2. The zero-order chi connectivity index (χ0) is 39.3. The minimum atomic E-state index is -3.23. The van der Waals surface area contributed by atoms with Gasteiger partial charge in [0.15, 0.2) is 15.7 Å². The van der Waals surface area contributed by atoms with Crippen LogP contribution in [0.1, 0.15) is 51.9 Å². The molecule has 2 saturated carbocycles. The molecule has 2 aromatic carbocycles. The molecule has 4 saturated heterocycles. The van der Waals surface area contributed by atoms with Crippen molar-refractivity contribution in [2.45, 2.75) is 73.9 Å². The quantitative estimate of drug-likeness (QED) is 0.239. The number of rotatable bonds is 9. The first-order chi connectivity index (χ1) is 26.6. The second kappa shape index (κ2) is 13.3. The van der Waals surface area contributed by atoms with Crippen LogP contribution in [-0.4, -0.2) is 126 Å².